The van der Waals surface area contributed by atoms with Crippen LogP contribution in [-0.4, -0.2) is 36.8 Å². The lowest BCUT2D eigenvalue weighted by atomic mass is 9.88. The summed E-state index contributed by atoms with van der Waals surface area (Å²) in [5, 5.41) is 4.39. The number of methoxy groups -OCH3 is 1. The van der Waals surface area contributed by atoms with Crippen LogP contribution in [0.1, 0.15) is 30.1 Å². The molecule has 5 nitrogen and oxygen atoms in total. The van der Waals surface area contributed by atoms with Crippen LogP contribution in [0.5, 0.6) is 0 Å². The monoisotopic (exact) mass is 378 g/mol. The molecule has 1 aromatic carbocycles. The molecule has 1 N–H and O–H groups in total. The molecular formula is C17H19BrN2O3. The zero-order chi connectivity index (χ0) is 16.4. The van der Waals surface area contributed by atoms with Crippen molar-refractivity contribution in [3.05, 3.63) is 34.4 Å². The van der Waals surface area contributed by atoms with Crippen LogP contribution in [0.3, 0.4) is 0 Å². The number of aromatic nitrogens is 1. The molecule has 1 aliphatic rings. The second kappa shape index (κ2) is 6.84. The zero-order valence-corrected chi connectivity index (χ0v) is 14.7. The predicted molar refractivity (Wildman–Crippen MR) is 92.8 cm³/mol. The van der Waals surface area contributed by atoms with Crippen LogP contribution in [0.2, 0.25) is 0 Å². The number of hydrogen-bond acceptors (Lipinski definition) is 5. The van der Waals surface area contributed by atoms with E-state index in [-0.39, 0.29) is 12.0 Å². The van der Waals surface area contributed by atoms with Crippen molar-refractivity contribution in [2.24, 2.45) is 0 Å². The molecule has 0 atom stereocenters. The van der Waals surface area contributed by atoms with E-state index in [2.05, 4.69) is 26.2 Å². The number of benzene rings is 1. The molecule has 0 aliphatic heterocycles. The van der Waals surface area contributed by atoms with Crippen LogP contribution in [0.25, 0.3) is 10.9 Å². The standard InChI is InChI=1S/C17H19BrN2O3/c1-3-23-17(21)14-9-19-15-5-4-10(18)6-13(15)16(14)20-11-7-12(8-11)22-2/h4-6,9,11-12H,3,7-8H2,1-2H3,(H,19,20). The molecule has 0 saturated heterocycles. The number of nitrogens with one attached hydrogen (secondary N) is 1. The Morgan fingerprint density at radius 2 is 2.22 bits per heavy atom. The van der Waals surface area contributed by atoms with E-state index < -0.39 is 0 Å². The van der Waals surface area contributed by atoms with Gasteiger partial charge in [-0.15, -0.1) is 0 Å². The fourth-order valence-corrected chi connectivity index (χ4v) is 3.13. The molecular weight excluding hydrogens is 360 g/mol. The number of rotatable bonds is 5. The van der Waals surface area contributed by atoms with Gasteiger partial charge < -0.3 is 14.8 Å². The third kappa shape index (κ3) is 3.33. The summed E-state index contributed by atoms with van der Waals surface area (Å²) < 4.78 is 11.4. The second-order valence-electron chi connectivity index (χ2n) is 5.60. The van der Waals surface area contributed by atoms with E-state index in [1.165, 1.54) is 0 Å². The third-order valence-electron chi connectivity index (χ3n) is 4.10. The van der Waals surface area contributed by atoms with Crippen molar-refractivity contribution < 1.29 is 14.3 Å². The largest absolute Gasteiger partial charge is 0.462 e. The van der Waals surface area contributed by atoms with Gasteiger partial charge in [0.05, 0.1) is 23.9 Å². The van der Waals surface area contributed by atoms with E-state index in [0.29, 0.717) is 18.3 Å². The summed E-state index contributed by atoms with van der Waals surface area (Å²) >= 11 is 3.49. The van der Waals surface area contributed by atoms with Crippen molar-refractivity contribution in [2.45, 2.75) is 31.9 Å². The van der Waals surface area contributed by atoms with Crippen molar-refractivity contribution >= 4 is 38.5 Å². The quantitative estimate of drug-likeness (QED) is 0.802. The second-order valence-corrected chi connectivity index (χ2v) is 6.51. The molecule has 6 heteroatoms. The number of carbonyl (C=O) groups is 1. The summed E-state index contributed by atoms with van der Waals surface area (Å²) in [5.41, 5.74) is 2.10. The average molecular weight is 379 g/mol. The summed E-state index contributed by atoms with van der Waals surface area (Å²) in [6, 6.07) is 6.13. The van der Waals surface area contributed by atoms with Crippen LogP contribution in [0.15, 0.2) is 28.9 Å². The molecule has 1 saturated carbocycles. The Morgan fingerprint density at radius 1 is 1.43 bits per heavy atom. The molecule has 0 radical (unpaired) electrons. The molecule has 0 bridgehead atoms. The van der Waals surface area contributed by atoms with Gasteiger partial charge in [-0.1, -0.05) is 15.9 Å². The van der Waals surface area contributed by atoms with Gasteiger partial charge in [0.1, 0.15) is 5.56 Å². The number of esters is 1. The Balaban J connectivity index is 2.00. The highest BCUT2D eigenvalue weighted by molar-refractivity contribution is 9.10. The normalized spacial score (nSPS) is 20.1. The Bertz CT molecular complexity index is 729. The van der Waals surface area contributed by atoms with Gasteiger partial charge in [-0.05, 0) is 38.0 Å². The number of anilines is 1. The Kier molecular flexibility index (Phi) is 4.82. The third-order valence-corrected chi connectivity index (χ3v) is 4.60. The molecule has 3 rings (SSSR count). The minimum absolute atomic E-state index is 0.290. The fourth-order valence-electron chi connectivity index (χ4n) is 2.76. The van der Waals surface area contributed by atoms with Crippen molar-refractivity contribution in [2.75, 3.05) is 19.0 Å². The fraction of sp³-hybridized carbons (Fsp3) is 0.412. The van der Waals surface area contributed by atoms with E-state index in [1.54, 1.807) is 20.2 Å². The molecule has 0 amide bonds. The van der Waals surface area contributed by atoms with Gasteiger partial charge in [0.25, 0.3) is 0 Å². The maximum absolute atomic E-state index is 12.3. The smallest absolute Gasteiger partial charge is 0.341 e. The molecule has 23 heavy (non-hydrogen) atoms. The summed E-state index contributed by atoms with van der Waals surface area (Å²) in [6.07, 6.45) is 3.73. The number of halogens is 1. The van der Waals surface area contributed by atoms with Crippen molar-refractivity contribution in [1.29, 1.82) is 0 Å². The number of hydrogen-bond donors (Lipinski definition) is 1. The summed E-state index contributed by atoms with van der Waals surface area (Å²) in [5.74, 6) is -0.355. The molecule has 1 aromatic heterocycles. The van der Waals surface area contributed by atoms with Gasteiger partial charge in [-0.3, -0.25) is 4.98 Å². The Morgan fingerprint density at radius 3 is 2.91 bits per heavy atom. The van der Waals surface area contributed by atoms with Gasteiger partial charge in [0.15, 0.2) is 0 Å². The maximum Gasteiger partial charge on any atom is 0.341 e. The van der Waals surface area contributed by atoms with Gasteiger partial charge in [0, 0.05) is 29.2 Å². The van der Waals surface area contributed by atoms with E-state index >= 15 is 0 Å². The number of nitrogens with zero attached hydrogens (tertiary/aromatic N) is 1. The first-order valence-corrected chi connectivity index (χ1v) is 8.46. The lowest BCUT2D eigenvalue weighted by Gasteiger charge is -2.36. The summed E-state index contributed by atoms with van der Waals surface area (Å²) in [4.78, 5) is 16.6. The van der Waals surface area contributed by atoms with E-state index in [9.17, 15) is 4.79 Å². The van der Waals surface area contributed by atoms with E-state index in [4.69, 9.17) is 9.47 Å². The topological polar surface area (TPSA) is 60.5 Å². The number of ether oxygens (including phenoxy) is 2. The Labute approximate surface area is 143 Å². The lowest BCUT2D eigenvalue weighted by molar-refractivity contribution is 0.0328. The van der Waals surface area contributed by atoms with E-state index in [1.807, 2.05) is 18.2 Å². The molecule has 122 valence electrons. The van der Waals surface area contributed by atoms with Gasteiger partial charge >= 0.3 is 5.97 Å². The molecule has 1 aliphatic carbocycles. The van der Waals surface area contributed by atoms with Crippen LogP contribution < -0.4 is 5.32 Å². The van der Waals surface area contributed by atoms with Crippen molar-refractivity contribution in [3.63, 3.8) is 0 Å². The lowest BCUT2D eigenvalue weighted by Crippen LogP contribution is -2.40. The highest BCUT2D eigenvalue weighted by Crippen LogP contribution is 2.33. The summed E-state index contributed by atoms with van der Waals surface area (Å²) in [7, 11) is 1.73. The highest BCUT2D eigenvalue weighted by atomic mass is 79.9. The van der Waals surface area contributed by atoms with Crippen LogP contribution in [0, 0.1) is 0 Å². The molecule has 1 fully saturated rings. The molecule has 0 spiro atoms. The first kappa shape index (κ1) is 16.2. The van der Waals surface area contributed by atoms with Gasteiger partial charge in [-0.2, -0.15) is 0 Å². The molecule has 0 unspecified atom stereocenters. The first-order valence-electron chi connectivity index (χ1n) is 7.67. The van der Waals surface area contributed by atoms with Crippen molar-refractivity contribution in [1.82, 2.24) is 4.98 Å². The minimum atomic E-state index is -0.355. The van der Waals surface area contributed by atoms with Crippen LogP contribution in [0.4, 0.5) is 5.69 Å². The summed E-state index contributed by atoms with van der Waals surface area (Å²) in [6.45, 7) is 2.13. The predicted octanol–water partition coefficient (Wildman–Crippen LogP) is 3.76. The Hall–Kier alpha value is -1.66. The average Bonchev–Trinajstić information content (AvgIpc) is 2.50. The number of pyridine rings is 1. The maximum atomic E-state index is 12.3. The highest BCUT2D eigenvalue weighted by Gasteiger charge is 2.30. The SMILES string of the molecule is CCOC(=O)c1cnc2ccc(Br)cc2c1NC1CC(OC)C1. The minimum Gasteiger partial charge on any atom is -0.462 e. The zero-order valence-electron chi connectivity index (χ0n) is 13.1. The van der Waals surface area contributed by atoms with E-state index in [0.717, 1.165) is 33.9 Å². The molecule has 2 aromatic rings. The molecule has 1 heterocycles. The number of carbonyl (C=O) groups excluding carboxylic acids is 1. The van der Waals surface area contributed by atoms with Crippen LogP contribution in [-0.2, 0) is 9.47 Å². The van der Waals surface area contributed by atoms with Crippen LogP contribution >= 0.6 is 15.9 Å². The van der Waals surface area contributed by atoms with Gasteiger partial charge in [-0.25, -0.2) is 4.79 Å². The van der Waals surface area contributed by atoms with Crippen molar-refractivity contribution in [3.8, 4) is 0 Å². The number of fused-ring (bicyclic) bond motifs is 1. The first-order chi connectivity index (χ1) is 11.1. The van der Waals surface area contributed by atoms with Gasteiger partial charge in [0.2, 0.25) is 0 Å².